The standard InChI is InChI=1S/C6H8O4/c1-6-5(7)8-2-4(10-6)3-9-6/h4H,2-3H2,1H3. The molecule has 0 aromatic carbocycles. The molecule has 0 aromatic heterocycles. The van der Waals surface area contributed by atoms with Crippen molar-refractivity contribution in [3.8, 4) is 0 Å². The highest BCUT2D eigenvalue weighted by molar-refractivity contribution is 5.78. The summed E-state index contributed by atoms with van der Waals surface area (Å²) >= 11 is 0. The van der Waals surface area contributed by atoms with E-state index in [1.807, 2.05) is 0 Å². The van der Waals surface area contributed by atoms with Gasteiger partial charge in [-0.05, 0) is 0 Å². The van der Waals surface area contributed by atoms with Crippen LogP contribution in [0.1, 0.15) is 6.92 Å². The van der Waals surface area contributed by atoms with E-state index >= 15 is 0 Å². The quantitative estimate of drug-likeness (QED) is 0.437. The Kier molecular flexibility index (Phi) is 1.04. The van der Waals surface area contributed by atoms with Crippen LogP contribution in [0.2, 0.25) is 0 Å². The predicted octanol–water partition coefficient (Wildman–Crippen LogP) is -0.325. The molecule has 4 nitrogen and oxygen atoms in total. The Balaban J connectivity index is 2.25. The second-order valence-electron chi connectivity index (χ2n) is 2.60. The maximum absolute atomic E-state index is 10.9. The lowest BCUT2D eigenvalue weighted by Crippen LogP contribution is -2.43. The summed E-state index contributed by atoms with van der Waals surface area (Å²) in [5.41, 5.74) is 0. The van der Waals surface area contributed by atoms with Crippen molar-refractivity contribution in [1.29, 1.82) is 0 Å². The molecule has 0 amide bonds. The minimum absolute atomic E-state index is 0.0531. The van der Waals surface area contributed by atoms with Gasteiger partial charge < -0.3 is 14.2 Å². The first-order chi connectivity index (χ1) is 4.71. The third-order valence-corrected chi connectivity index (χ3v) is 1.71. The molecule has 56 valence electrons. The van der Waals surface area contributed by atoms with Crippen molar-refractivity contribution in [2.75, 3.05) is 13.2 Å². The summed E-state index contributed by atoms with van der Waals surface area (Å²) in [4.78, 5) is 10.9. The number of hydrogen-bond acceptors (Lipinski definition) is 4. The number of rotatable bonds is 0. The highest BCUT2D eigenvalue weighted by Crippen LogP contribution is 2.28. The molecule has 2 bridgehead atoms. The van der Waals surface area contributed by atoms with Gasteiger partial charge in [0, 0.05) is 6.92 Å². The minimum Gasteiger partial charge on any atom is -0.459 e. The molecule has 4 heteroatoms. The van der Waals surface area contributed by atoms with Crippen molar-refractivity contribution < 1.29 is 19.0 Å². The summed E-state index contributed by atoms with van der Waals surface area (Å²) in [5.74, 6) is -1.52. The summed E-state index contributed by atoms with van der Waals surface area (Å²) in [7, 11) is 0. The molecule has 2 aliphatic heterocycles. The van der Waals surface area contributed by atoms with E-state index in [2.05, 4.69) is 0 Å². The van der Waals surface area contributed by atoms with Crippen molar-refractivity contribution in [2.24, 2.45) is 0 Å². The zero-order chi connectivity index (χ0) is 7.19. The zero-order valence-corrected chi connectivity index (χ0v) is 5.62. The lowest BCUT2D eigenvalue weighted by Gasteiger charge is -2.25. The van der Waals surface area contributed by atoms with Crippen molar-refractivity contribution in [1.82, 2.24) is 0 Å². The number of carbonyl (C=O) groups is 1. The smallest absolute Gasteiger partial charge is 0.366 e. The fourth-order valence-electron chi connectivity index (χ4n) is 1.13. The van der Waals surface area contributed by atoms with E-state index in [-0.39, 0.29) is 6.10 Å². The molecule has 0 radical (unpaired) electrons. The maximum atomic E-state index is 10.9. The molecule has 2 atom stereocenters. The van der Waals surface area contributed by atoms with Crippen LogP contribution in [0.25, 0.3) is 0 Å². The van der Waals surface area contributed by atoms with Gasteiger partial charge in [0.2, 0.25) is 0 Å². The average Bonchev–Trinajstić information content (AvgIpc) is 2.22. The predicted molar refractivity (Wildman–Crippen MR) is 30.2 cm³/mol. The van der Waals surface area contributed by atoms with Crippen LogP contribution in [0.3, 0.4) is 0 Å². The molecule has 2 rings (SSSR count). The fourth-order valence-corrected chi connectivity index (χ4v) is 1.13. The third kappa shape index (κ3) is 0.660. The Morgan fingerprint density at radius 1 is 1.60 bits per heavy atom. The van der Waals surface area contributed by atoms with Gasteiger partial charge in [-0.3, -0.25) is 0 Å². The first-order valence-electron chi connectivity index (χ1n) is 3.20. The van der Waals surface area contributed by atoms with Gasteiger partial charge in [-0.25, -0.2) is 4.79 Å². The lowest BCUT2D eigenvalue weighted by atomic mass is 10.3. The van der Waals surface area contributed by atoms with E-state index in [9.17, 15) is 4.79 Å². The molecule has 0 aliphatic carbocycles. The molecule has 0 N–H and O–H groups in total. The molecular weight excluding hydrogens is 136 g/mol. The monoisotopic (exact) mass is 144 g/mol. The largest absolute Gasteiger partial charge is 0.459 e. The Labute approximate surface area is 58.1 Å². The van der Waals surface area contributed by atoms with Gasteiger partial charge in [0.05, 0.1) is 6.61 Å². The summed E-state index contributed by atoms with van der Waals surface area (Å²) in [6.45, 7) is 2.37. The fraction of sp³-hybridized carbons (Fsp3) is 0.833. The molecule has 0 spiro atoms. The summed E-state index contributed by atoms with van der Waals surface area (Å²) in [6.07, 6.45) is -0.0531. The van der Waals surface area contributed by atoms with E-state index in [4.69, 9.17) is 14.2 Å². The lowest BCUT2D eigenvalue weighted by molar-refractivity contribution is -0.223. The van der Waals surface area contributed by atoms with Gasteiger partial charge in [0.25, 0.3) is 5.79 Å². The first-order valence-corrected chi connectivity index (χ1v) is 3.20. The minimum atomic E-state index is -1.11. The topological polar surface area (TPSA) is 44.8 Å². The van der Waals surface area contributed by atoms with Crippen LogP contribution in [0, 0.1) is 0 Å². The molecule has 10 heavy (non-hydrogen) atoms. The molecule has 2 fully saturated rings. The Hall–Kier alpha value is -0.610. The molecule has 2 saturated heterocycles. The van der Waals surface area contributed by atoms with E-state index in [0.29, 0.717) is 13.2 Å². The van der Waals surface area contributed by atoms with E-state index in [1.165, 1.54) is 0 Å². The number of ether oxygens (including phenoxy) is 3. The van der Waals surface area contributed by atoms with Gasteiger partial charge >= 0.3 is 5.97 Å². The summed E-state index contributed by atoms with van der Waals surface area (Å²) in [6, 6.07) is 0. The van der Waals surface area contributed by atoms with Crippen LogP contribution in [0.15, 0.2) is 0 Å². The van der Waals surface area contributed by atoms with Crippen molar-refractivity contribution in [3.63, 3.8) is 0 Å². The van der Waals surface area contributed by atoms with Crippen molar-refractivity contribution in [2.45, 2.75) is 18.8 Å². The van der Waals surface area contributed by atoms with Gasteiger partial charge in [0.15, 0.2) is 0 Å². The number of fused-ring (bicyclic) bond motifs is 2. The van der Waals surface area contributed by atoms with E-state index in [1.54, 1.807) is 6.92 Å². The van der Waals surface area contributed by atoms with Crippen LogP contribution in [0.4, 0.5) is 0 Å². The Bertz CT molecular complexity index is 179. The van der Waals surface area contributed by atoms with Gasteiger partial charge in [0.1, 0.15) is 12.7 Å². The van der Waals surface area contributed by atoms with Gasteiger partial charge in [-0.2, -0.15) is 0 Å². The molecular formula is C6H8O4. The van der Waals surface area contributed by atoms with Crippen LogP contribution >= 0.6 is 0 Å². The molecule has 2 heterocycles. The van der Waals surface area contributed by atoms with Crippen LogP contribution in [-0.4, -0.2) is 31.1 Å². The van der Waals surface area contributed by atoms with Gasteiger partial charge in [-0.1, -0.05) is 0 Å². The summed E-state index contributed by atoms with van der Waals surface area (Å²) in [5, 5.41) is 0. The van der Waals surface area contributed by atoms with Crippen LogP contribution in [0.5, 0.6) is 0 Å². The number of esters is 1. The zero-order valence-electron chi connectivity index (χ0n) is 5.62. The van der Waals surface area contributed by atoms with Gasteiger partial charge in [-0.15, -0.1) is 0 Å². The SMILES string of the molecule is CC12OCC(COC1=O)O2. The number of hydrogen-bond donors (Lipinski definition) is 0. The second-order valence-corrected chi connectivity index (χ2v) is 2.60. The number of carbonyl (C=O) groups excluding carboxylic acids is 1. The summed E-state index contributed by atoms with van der Waals surface area (Å²) < 4.78 is 15.1. The first kappa shape index (κ1) is 6.12. The highest BCUT2D eigenvalue weighted by Gasteiger charge is 2.49. The van der Waals surface area contributed by atoms with Crippen LogP contribution in [-0.2, 0) is 19.0 Å². The Morgan fingerprint density at radius 2 is 2.40 bits per heavy atom. The molecule has 0 aromatic rings. The third-order valence-electron chi connectivity index (χ3n) is 1.71. The number of cyclic esters (lactones) is 1. The van der Waals surface area contributed by atoms with E-state index in [0.717, 1.165) is 0 Å². The van der Waals surface area contributed by atoms with Crippen molar-refractivity contribution in [3.05, 3.63) is 0 Å². The Morgan fingerprint density at radius 3 is 3.10 bits per heavy atom. The normalized spacial score (nSPS) is 45.3. The molecule has 2 unspecified atom stereocenters. The van der Waals surface area contributed by atoms with Crippen LogP contribution < -0.4 is 0 Å². The van der Waals surface area contributed by atoms with Crippen molar-refractivity contribution >= 4 is 5.97 Å². The maximum Gasteiger partial charge on any atom is 0.366 e. The second kappa shape index (κ2) is 1.71. The highest BCUT2D eigenvalue weighted by atomic mass is 16.8. The molecule has 2 aliphatic rings. The van der Waals surface area contributed by atoms with E-state index < -0.39 is 11.8 Å². The average molecular weight is 144 g/mol. The molecule has 0 saturated carbocycles.